The summed E-state index contributed by atoms with van der Waals surface area (Å²) in [5.74, 6) is 0.236. The van der Waals surface area contributed by atoms with Crippen LogP contribution in [0.2, 0.25) is 0 Å². The Hall–Kier alpha value is -0.170. The molecule has 0 aromatic carbocycles. The van der Waals surface area contributed by atoms with Gasteiger partial charge in [-0.1, -0.05) is 13.8 Å². The first-order valence-electron chi connectivity index (χ1n) is 6.90. The Bertz CT molecular complexity index is 277. The molecule has 0 fully saturated rings. The van der Waals surface area contributed by atoms with Crippen molar-refractivity contribution in [1.82, 2.24) is 14.9 Å². The number of sulfonamides is 1. The average molecular weight is 279 g/mol. The second-order valence-corrected chi connectivity index (χ2v) is 6.33. The van der Waals surface area contributed by atoms with Crippen LogP contribution in [0, 0.1) is 0 Å². The zero-order chi connectivity index (χ0) is 13.9. The second-order valence-electron chi connectivity index (χ2n) is 4.40. The molecule has 0 spiro atoms. The number of unbranched alkanes of at least 4 members (excludes halogenated alkanes) is 1. The molecule has 6 heteroatoms. The fourth-order valence-corrected chi connectivity index (χ4v) is 2.92. The molecule has 18 heavy (non-hydrogen) atoms. The predicted octanol–water partition coefficient (Wildman–Crippen LogP) is 0.637. The quantitative estimate of drug-likeness (QED) is 0.515. The van der Waals surface area contributed by atoms with E-state index in [0.717, 1.165) is 39.0 Å². The van der Waals surface area contributed by atoms with Crippen LogP contribution < -0.4 is 10.0 Å². The summed E-state index contributed by atoms with van der Waals surface area (Å²) in [6.07, 6.45) is 2.49. The molecule has 0 radical (unpaired) electrons. The maximum atomic E-state index is 11.6. The predicted molar refractivity (Wildman–Crippen MR) is 77.4 cm³/mol. The number of rotatable bonds is 12. The third-order valence-electron chi connectivity index (χ3n) is 2.96. The highest BCUT2D eigenvalue weighted by molar-refractivity contribution is 7.89. The molecule has 5 nitrogen and oxygen atoms in total. The normalized spacial score (nSPS) is 12.2. The molecule has 0 atom stereocenters. The molecule has 0 saturated carbocycles. The van der Waals surface area contributed by atoms with Crippen molar-refractivity contribution in [2.24, 2.45) is 0 Å². The van der Waals surface area contributed by atoms with Gasteiger partial charge in [0, 0.05) is 6.54 Å². The first-order valence-corrected chi connectivity index (χ1v) is 8.55. The Morgan fingerprint density at radius 2 is 1.67 bits per heavy atom. The summed E-state index contributed by atoms with van der Waals surface area (Å²) >= 11 is 0. The van der Waals surface area contributed by atoms with Crippen molar-refractivity contribution < 1.29 is 8.42 Å². The molecular formula is C12H29N3O2S. The first-order chi connectivity index (χ1) is 8.55. The molecule has 0 aliphatic heterocycles. The number of nitrogens with one attached hydrogen (secondary N) is 2. The van der Waals surface area contributed by atoms with E-state index in [9.17, 15) is 8.42 Å². The molecule has 0 aliphatic carbocycles. The lowest BCUT2D eigenvalue weighted by Gasteiger charge is -2.17. The average Bonchev–Trinajstić information content (AvgIpc) is 2.35. The van der Waals surface area contributed by atoms with Gasteiger partial charge < -0.3 is 10.2 Å². The molecule has 2 N–H and O–H groups in total. The molecular weight excluding hydrogens is 250 g/mol. The van der Waals surface area contributed by atoms with Crippen molar-refractivity contribution in [1.29, 1.82) is 0 Å². The monoisotopic (exact) mass is 279 g/mol. The Balaban J connectivity index is 3.64. The highest BCUT2D eigenvalue weighted by atomic mass is 32.2. The van der Waals surface area contributed by atoms with Crippen molar-refractivity contribution in [3.8, 4) is 0 Å². The molecule has 0 rings (SSSR count). The van der Waals surface area contributed by atoms with Gasteiger partial charge >= 0.3 is 0 Å². The van der Waals surface area contributed by atoms with E-state index in [1.54, 1.807) is 0 Å². The lowest BCUT2D eigenvalue weighted by atomic mass is 10.3. The highest BCUT2D eigenvalue weighted by Crippen LogP contribution is 1.95. The topological polar surface area (TPSA) is 61.4 Å². The SMILES string of the molecule is CCN(CC)CCCNS(=O)(=O)CCCCNC. The van der Waals surface area contributed by atoms with Crippen LogP contribution in [0.25, 0.3) is 0 Å². The molecule has 0 unspecified atom stereocenters. The molecule has 0 bridgehead atoms. The lowest BCUT2D eigenvalue weighted by molar-refractivity contribution is 0.300. The van der Waals surface area contributed by atoms with Gasteiger partial charge in [-0.3, -0.25) is 0 Å². The Labute approximate surface area is 112 Å². The van der Waals surface area contributed by atoms with Crippen molar-refractivity contribution in [3.05, 3.63) is 0 Å². The van der Waals surface area contributed by atoms with E-state index >= 15 is 0 Å². The minimum absolute atomic E-state index is 0.236. The Morgan fingerprint density at radius 3 is 2.22 bits per heavy atom. The van der Waals surface area contributed by atoms with Crippen LogP contribution in [0.4, 0.5) is 0 Å². The van der Waals surface area contributed by atoms with Crippen LogP contribution in [0.5, 0.6) is 0 Å². The van der Waals surface area contributed by atoms with Crippen molar-refractivity contribution in [3.63, 3.8) is 0 Å². The first kappa shape index (κ1) is 17.8. The van der Waals surface area contributed by atoms with Crippen LogP contribution in [-0.4, -0.2) is 58.8 Å². The van der Waals surface area contributed by atoms with Gasteiger partial charge in [-0.15, -0.1) is 0 Å². The van der Waals surface area contributed by atoms with Crippen LogP contribution in [0.15, 0.2) is 0 Å². The van der Waals surface area contributed by atoms with Crippen molar-refractivity contribution in [2.75, 3.05) is 45.5 Å². The van der Waals surface area contributed by atoms with Gasteiger partial charge in [0.15, 0.2) is 0 Å². The number of nitrogens with zero attached hydrogens (tertiary/aromatic N) is 1. The summed E-state index contributed by atoms with van der Waals surface area (Å²) < 4.78 is 25.9. The van der Waals surface area contributed by atoms with E-state index in [1.807, 2.05) is 7.05 Å². The zero-order valence-corrected chi connectivity index (χ0v) is 12.9. The van der Waals surface area contributed by atoms with E-state index in [0.29, 0.717) is 13.0 Å². The largest absolute Gasteiger partial charge is 0.320 e. The summed E-state index contributed by atoms with van der Waals surface area (Å²) in [5, 5.41) is 3.01. The summed E-state index contributed by atoms with van der Waals surface area (Å²) in [5.41, 5.74) is 0. The molecule has 0 heterocycles. The van der Waals surface area contributed by atoms with Gasteiger partial charge in [-0.05, 0) is 52.5 Å². The van der Waals surface area contributed by atoms with Gasteiger partial charge in [0.05, 0.1) is 5.75 Å². The van der Waals surface area contributed by atoms with Crippen LogP contribution >= 0.6 is 0 Å². The third-order valence-corrected chi connectivity index (χ3v) is 4.43. The van der Waals surface area contributed by atoms with Crippen LogP contribution in [-0.2, 0) is 10.0 Å². The molecule has 0 aromatic heterocycles. The fourth-order valence-electron chi connectivity index (χ4n) is 1.74. The van der Waals surface area contributed by atoms with Gasteiger partial charge in [0.25, 0.3) is 0 Å². The standard InChI is InChI=1S/C12H29N3O2S/c1-4-15(5-2)11-8-10-14-18(16,17)12-7-6-9-13-3/h13-14H,4-12H2,1-3H3. The molecule has 0 amide bonds. The maximum Gasteiger partial charge on any atom is 0.211 e. The van der Waals surface area contributed by atoms with E-state index in [2.05, 4.69) is 28.8 Å². The van der Waals surface area contributed by atoms with E-state index in [-0.39, 0.29) is 5.75 Å². The van der Waals surface area contributed by atoms with E-state index in [1.165, 1.54) is 0 Å². The summed E-state index contributed by atoms with van der Waals surface area (Å²) in [4.78, 5) is 2.29. The molecule has 0 saturated heterocycles. The minimum Gasteiger partial charge on any atom is -0.320 e. The summed E-state index contributed by atoms with van der Waals surface area (Å²) in [6, 6.07) is 0. The second kappa shape index (κ2) is 10.7. The number of hydrogen-bond acceptors (Lipinski definition) is 4. The highest BCUT2D eigenvalue weighted by Gasteiger charge is 2.08. The van der Waals surface area contributed by atoms with Crippen molar-refractivity contribution in [2.45, 2.75) is 33.1 Å². The minimum atomic E-state index is -3.07. The maximum absolute atomic E-state index is 11.6. The zero-order valence-electron chi connectivity index (χ0n) is 12.0. The number of hydrogen-bond donors (Lipinski definition) is 2. The third kappa shape index (κ3) is 9.82. The molecule has 0 aliphatic rings. The van der Waals surface area contributed by atoms with E-state index < -0.39 is 10.0 Å². The lowest BCUT2D eigenvalue weighted by Crippen LogP contribution is -2.31. The smallest absolute Gasteiger partial charge is 0.211 e. The van der Waals surface area contributed by atoms with Gasteiger partial charge in [-0.25, -0.2) is 13.1 Å². The Kier molecular flexibility index (Phi) is 10.6. The van der Waals surface area contributed by atoms with Crippen LogP contribution in [0.3, 0.4) is 0 Å². The molecule has 0 aromatic rings. The summed E-state index contributed by atoms with van der Waals surface area (Å²) in [6.45, 7) is 8.66. The molecule has 110 valence electrons. The Morgan fingerprint density at radius 1 is 1.00 bits per heavy atom. The van der Waals surface area contributed by atoms with E-state index in [4.69, 9.17) is 0 Å². The van der Waals surface area contributed by atoms with Crippen LogP contribution in [0.1, 0.15) is 33.1 Å². The van der Waals surface area contributed by atoms with Gasteiger partial charge in [0.1, 0.15) is 0 Å². The van der Waals surface area contributed by atoms with Gasteiger partial charge in [-0.2, -0.15) is 0 Å². The van der Waals surface area contributed by atoms with Gasteiger partial charge in [0.2, 0.25) is 10.0 Å². The van der Waals surface area contributed by atoms with Crippen molar-refractivity contribution >= 4 is 10.0 Å². The summed E-state index contributed by atoms with van der Waals surface area (Å²) in [7, 11) is -1.19. The fraction of sp³-hybridized carbons (Fsp3) is 1.00.